The summed E-state index contributed by atoms with van der Waals surface area (Å²) in [4.78, 5) is 4.10. The van der Waals surface area contributed by atoms with E-state index in [0.29, 0.717) is 16.0 Å². The minimum absolute atomic E-state index is 0.316. The third-order valence-corrected chi connectivity index (χ3v) is 2.60. The normalized spacial score (nSPS) is 11.0. The van der Waals surface area contributed by atoms with Gasteiger partial charge in [0.25, 0.3) is 0 Å². The lowest BCUT2D eigenvalue weighted by Gasteiger charge is -1.99. The van der Waals surface area contributed by atoms with Crippen LogP contribution in [-0.2, 0) is 5.88 Å². The van der Waals surface area contributed by atoms with Gasteiger partial charge in [0.2, 0.25) is 0 Å². The van der Waals surface area contributed by atoms with Gasteiger partial charge in [-0.05, 0) is 22.0 Å². The number of pyridine rings is 1. The summed E-state index contributed by atoms with van der Waals surface area (Å²) in [5.41, 5.74) is 1.45. The molecule has 0 bridgehead atoms. The minimum Gasteiger partial charge on any atom is -0.299 e. The van der Waals surface area contributed by atoms with E-state index in [1.807, 2.05) is 0 Å². The summed E-state index contributed by atoms with van der Waals surface area (Å²) in [5.74, 6) is 0.000548. The molecule has 0 amide bonds. The fourth-order valence-electron chi connectivity index (χ4n) is 1.16. The Morgan fingerprint density at radius 1 is 1.62 bits per heavy atom. The Balaban J connectivity index is 2.82. The van der Waals surface area contributed by atoms with Gasteiger partial charge in [-0.2, -0.15) is 0 Å². The highest BCUT2D eigenvalue weighted by Crippen LogP contribution is 2.20. The lowest BCUT2D eigenvalue weighted by molar-refractivity contribution is 0.617. The fraction of sp³-hybridized carbons (Fsp3) is 0.125. The molecule has 2 rings (SSSR count). The lowest BCUT2D eigenvalue weighted by atomic mass is 10.4. The molecule has 13 heavy (non-hydrogen) atoms. The maximum atomic E-state index is 13.0. The Kier molecular flexibility index (Phi) is 2.26. The molecule has 0 aliphatic carbocycles. The van der Waals surface area contributed by atoms with E-state index in [1.54, 1.807) is 10.6 Å². The largest absolute Gasteiger partial charge is 0.299 e. The monoisotopic (exact) mass is 262 g/mol. The van der Waals surface area contributed by atoms with Crippen LogP contribution in [0.1, 0.15) is 5.69 Å². The Bertz CT molecular complexity index is 455. The molecule has 68 valence electrons. The molecule has 0 spiro atoms. The maximum absolute atomic E-state index is 13.0. The summed E-state index contributed by atoms with van der Waals surface area (Å²) in [6, 6.07) is 1.38. The van der Waals surface area contributed by atoms with E-state index in [1.165, 1.54) is 12.3 Å². The number of hydrogen-bond donors (Lipinski definition) is 0. The standard InChI is InChI=1S/C8H5BrClFN2/c9-7-1-5(11)4-13-6(2-10)3-12-8(7)13/h1,3-4H,2H2. The van der Waals surface area contributed by atoms with Crippen molar-refractivity contribution in [2.45, 2.75) is 5.88 Å². The second kappa shape index (κ2) is 3.27. The first-order valence-corrected chi connectivity index (χ1v) is 4.92. The molecule has 2 nitrogen and oxygen atoms in total. The van der Waals surface area contributed by atoms with Gasteiger partial charge < -0.3 is 0 Å². The first-order valence-electron chi connectivity index (χ1n) is 3.59. The predicted octanol–water partition coefficient (Wildman–Crippen LogP) is 2.97. The number of imidazole rings is 1. The molecular weight excluding hydrogens is 258 g/mol. The topological polar surface area (TPSA) is 17.3 Å². The zero-order valence-electron chi connectivity index (χ0n) is 6.47. The molecular formula is C8H5BrClFN2. The van der Waals surface area contributed by atoms with Crippen molar-refractivity contribution in [1.82, 2.24) is 9.38 Å². The second-order valence-corrected chi connectivity index (χ2v) is 3.70. The lowest BCUT2D eigenvalue weighted by Crippen LogP contribution is -1.92. The van der Waals surface area contributed by atoms with Crippen LogP contribution in [0.15, 0.2) is 22.9 Å². The quantitative estimate of drug-likeness (QED) is 0.723. The molecule has 0 aliphatic rings. The number of fused-ring (bicyclic) bond motifs is 1. The summed E-state index contributed by atoms with van der Waals surface area (Å²) in [6.45, 7) is 0. The van der Waals surface area contributed by atoms with Gasteiger partial charge in [-0.1, -0.05) is 0 Å². The average molecular weight is 263 g/mol. The SMILES string of the molecule is Fc1cc(Br)c2ncc(CCl)n2c1. The molecule has 5 heteroatoms. The summed E-state index contributed by atoms with van der Waals surface area (Å²) >= 11 is 8.88. The van der Waals surface area contributed by atoms with E-state index in [4.69, 9.17) is 11.6 Å². The molecule has 0 fully saturated rings. The number of hydrogen-bond acceptors (Lipinski definition) is 1. The Morgan fingerprint density at radius 2 is 2.38 bits per heavy atom. The Hall–Kier alpha value is -0.610. The van der Waals surface area contributed by atoms with E-state index in [-0.39, 0.29) is 5.82 Å². The molecule has 2 aromatic rings. The van der Waals surface area contributed by atoms with Crippen molar-refractivity contribution in [3.63, 3.8) is 0 Å². The van der Waals surface area contributed by atoms with Crippen LogP contribution in [-0.4, -0.2) is 9.38 Å². The zero-order valence-corrected chi connectivity index (χ0v) is 8.81. The summed E-state index contributed by atoms with van der Waals surface area (Å²) in [5, 5.41) is 0. The van der Waals surface area contributed by atoms with E-state index in [0.717, 1.165) is 5.69 Å². The molecule has 0 aliphatic heterocycles. The fourth-order valence-corrected chi connectivity index (χ4v) is 1.87. The Morgan fingerprint density at radius 3 is 3.08 bits per heavy atom. The van der Waals surface area contributed by atoms with Gasteiger partial charge in [0.15, 0.2) is 5.65 Å². The van der Waals surface area contributed by atoms with Crippen molar-refractivity contribution < 1.29 is 4.39 Å². The summed E-state index contributed by atoms with van der Waals surface area (Å²) in [6.07, 6.45) is 3.00. The van der Waals surface area contributed by atoms with Crippen molar-refractivity contribution in [2.75, 3.05) is 0 Å². The van der Waals surface area contributed by atoms with E-state index >= 15 is 0 Å². The van der Waals surface area contributed by atoms with E-state index in [2.05, 4.69) is 20.9 Å². The van der Waals surface area contributed by atoms with Crippen LogP contribution < -0.4 is 0 Å². The number of halogens is 3. The van der Waals surface area contributed by atoms with Crippen molar-refractivity contribution in [3.8, 4) is 0 Å². The molecule has 0 radical (unpaired) electrons. The van der Waals surface area contributed by atoms with Gasteiger partial charge in [0.05, 0.1) is 22.2 Å². The van der Waals surface area contributed by atoms with Gasteiger partial charge in [0.1, 0.15) is 5.82 Å². The summed E-state index contributed by atoms with van der Waals surface area (Å²) in [7, 11) is 0. The molecule has 0 aromatic carbocycles. The summed E-state index contributed by atoms with van der Waals surface area (Å²) < 4.78 is 15.2. The smallest absolute Gasteiger partial charge is 0.151 e. The Labute approximate surface area is 87.5 Å². The molecule has 2 heterocycles. The first-order chi connectivity index (χ1) is 6.22. The van der Waals surface area contributed by atoms with E-state index in [9.17, 15) is 4.39 Å². The van der Waals surface area contributed by atoms with Crippen LogP contribution in [0.4, 0.5) is 4.39 Å². The van der Waals surface area contributed by atoms with Crippen LogP contribution in [0, 0.1) is 5.82 Å². The number of nitrogens with zero attached hydrogens (tertiary/aromatic N) is 2. The number of aromatic nitrogens is 2. The molecule has 0 atom stereocenters. The molecule has 0 saturated carbocycles. The van der Waals surface area contributed by atoms with Crippen LogP contribution in [0.2, 0.25) is 0 Å². The van der Waals surface area contributed by atoms with Crippen LogP contribution in [0.3, 0.4) is 0 Å². The highest BCUT2D eigenvalue weighted by Gasteiger charge is 2.06. The van der Waals surface area contributed by atoms with Crippen molar-refractivity contribution >= 4 is 33.2 Å². The third kappa shape index (κ3) is 1.44. The van der Waals surface area contributed by atoms with Crippen molar-refractivity contribution in [2.24, 2.45) is 0 Å². The maximum Gasteiger partial charge on any atom is 0.151 e. The molecule has 0 unspecified atom stereocenters. The molecule has 0 saturated heterocycles. The number of rotatable bonds is 1. The second-order valence-electron chi connectivity index (χ2n) is 2.58. The molecule has 0 N–H and O–H groups in total. The van der Waals surface area contributed by atoms with Crippen molar-refractivity contribution in [3.05, 3.63) is 34.4 Å². The highest BCUT2D eigenvalue weighted by molar-refractivity contribution is 9.10. The van der Waals surface area contributed by atoms with E-state index < -0.39 is 0 Å². The zero-order chi connectivity index (χ0) is 9.42. The number of alkyl halides is 1. The average Bonchev–Trinajstić information content (AvgIpc) is 2.47. The van der Waals surface area contributed by atoms with Crippen molar-refractivity contribution in [1.29, 1.82) is 0 Å². The van der Waals surface area contributed by atoms with Gasteiger partial charge >= 0.3 is 0 Å². The molecule has 2 aromatic heterocycles. The highest BCUT2D eigenvalue weighted by atomic mass is 79.9. The van der Waals surface area contributed by atoms with Gasteiger partial charge in [-0.25, -0.2) is 9.37 Å². The van der Waals surface area contributed by atoms with Crippen LogP contribution >= 0.6 is 27.5 Å². The van der Waals surface area contributed by atoms with Gasteiger partial charge in [0, 0.05) is 6.20 Å². The third-order valence-electron chi connectivity index (χ3n) is 1.74. The van der Waals surface area contributed by atoms with Gasteiger partial charge in [-0.15, -0.1) is 11.6 Å². The minimum atomic E-state index is -0.316. The van der Waals surface area contributed by atoms with Crippen LogP contribution in [0.5, 0.6) is 0 Å². The first kappa shape index (κ1) is 8.97. The van der Waals surface area contributed by atoms with Crippen LogP contribution in [0.25, 0.3) is 5.65 Å². The predicted molar refractivity (Wildman–Crippen MR) is 52.4 cm³/mol. The van der Waals surface area contributed by atoms with Gasteiger partial charge in [-0.3, -0.25) is 4.40 Å².